The zero-order chi connectivity index (χ0) is 16.8. The van der Waals surface area contributed by atoms with Gasteiger partial charge in [0.1, 0.15) is 18.6 Å². The maximum absolute atomic E-state index is 11.5. The van der Waals surface area contributed by atoms with Crippen molar-refractivity contribution < 1.29 is 23.8 Å². The van der Waals surface area contributed by atoms with Gasteiger partial charge in [0.05, 0.1) is 14.2 Å². The van der Waals surface area contributed by atoms with Crippen LogP contribution in [-0.2, 0) is 6.61 Å². The monoisotopic (exact) mass is 314 g/mol. The third kappa shape index (κ3) is 3.88. The Kier molecular flexibility index (Phi) is 5.36. The van der Waals surface area contributed by atoms with E-state index >= 15 is 0 Å². The lowest BCUT2D eigenvalue weighted by molar-refractivity contribution is 0.101. The highest BCUT2D eigenvalue weighted by molar-refractivity contribution is 5.94. The third-order valence-corrected chi connectivity index (χ3v) is 3.39. The van der Waals surface area contributed by atoms with E-state index in [0.717, 1.165) is 11.8 Å². The number of ketones is 1. The molecule has 0 amide bonds. The highest BCUT2D eigenvalue weighted by atomic mass is 16.5. The average Bonchev–Trinajstić information content (AvgIpc) is 2.59. The van der Waals surface area contributed by atoms with Crippen molar-refractivity contribution in [1.82, 2.24) is 0 Å². The van der Waals surface area contributed by atoms with Gasteiger partial charge in [-0.05, 0) is 43.3 Å². The molecule has 2 aromatic rings. The minimum absolute atomic E-state index is 0.0329. The summed E-state index contributed by atoms with van der Waals surface area (Å²) in [6.07, 6.45) is 0.739. The predicted octanol–water partition coefficient (Wildman–Crippen LogP) is 3.30. The topological polar surface area (TPSA) is 61.8 Å². The van der Waals surface area contributed by atoms with Crippen LogP contribution in [0.15, 0.2) is 36.4 Å². The van der Waals surface area contributed by atoms with E-state index in [0.29, 0.717) is 28.4 Å². The summed E-state index contributed by atoms with van der Waals surface area (Å²) in [4.78, 5) is 22.4. The molecule has 0 spiro atoms. The van der Waals surface area contributed by atoms with Crippen molar-refractivity contribution in [2.75, 3.05) is 14.2 Å². The van der Waals surface area contributed by atoms with Gasteiger partial charge in [0, 0.05) is 16.7 Å². The molecule has 5 nitrogen and oxygen atoms in total. The summed E-state index contributed by atoms with van der Waals surface area (Å²) in [6.45, 7) is 1.69. The summed E-state index contributed by atoms with van der Waals surface area (Å²) < 4.78 is 16.3. The fourth-order valence-electron chi connectivity index (χ4n) is 2.15. The summed E-state index contributed by atoms with van der Waals surface area (Å²) in [5.74, 6) is 1.57. The molecule has 0 fully saturated rings. The molecular weight excluding hydrogens is 296 g/mol. The lowest BCUT2D eigenvalue weighted by Gasteiger charge is -2.14. The number of carbonyl (C=O) groups is 2. The molecule has 5 heteroatoms. The number of benzene rings is 2. The fraction of sp³-hybridized carbons (Fsp3) is 0.222. The second-order valence-corrected chi connectivity index (χ2v) is 4.90. The lowest BCUT2D eigenvalue weighted by Crippen LogP contribution is -2.03. The Hall–Kier alpha value is -2.82. The molecule has 0 radical (unpaired) electrons. The zero-order valence-electron chi connectivity index (χ0n) is 13.3. The largest absolute Gasteiger partial charge is 0.496 e. The summed E-state index contributed by atoms with van der Waals surface area (Å²) in [5.41, 5.74) is 1.81. The first-order chi connectivity index (χ1) is 11.1. The van der Waals surface area contributed by atoms with Gasteiger partial charge in [0.2, 0.25) is 0 Å². The lowest BCUT2D eigenvalue weighted by atomic mass is 10.1. The van der Waals surface area contributed by atoms with E-state index in [1.54, 1.807) is 43.5 Å². The Labute approximate surface area is 134 Å². The summed E-state index contributed by atoms with van der Waals surface area (Å²) in [5, 5.41) is 0. The van der Waals surface area contributed by atoms with Crippen LogP contribution < -0.4 is 14.2 Å². The molecule has 0 atom stereocenters. The highest BCUT2D eigenvalue weighted by Gasteiger charge is 2.11. The quantitative estimate of drug-likeness (QED) is 0.579. The molecule has 0 heterocycles. The van der Waals surface area contributed by atoms with E-state index < -0.39 is 0 Å². The van der Waals surface area contributed by atoms with E-state index in [4.69, 9.17) is 14.2 Å². The predicted molar refractivity (Wildman–Crippen MR) is 85.7 cm³/mol. The molecule has 2 rings (SSSR count). The molecule has 0 N–H and O–H groups in total. The summed E-state index contributed by atoms with van der Waals surface area (Å²) in [7, 11) is 3.08. The maximum atomic E-state index is 11.5. The van der Waals surface area contributed by atoms with Crippen molar-refractivity contribution in [1.29, 1.82) is 0 Å². The SMILES string of the molecule is COc1ccc(C(C)=O)cc1COc1cc(C=O)ccc1OC. The van der Waals surface area contributed by atoms with Crippen LogP contribution in [0.4, 0.5) is 0 Å². The van der Waals surface area contributed by atoms with E-state index in [2.05, 4.69) is 0 Å². The van der Waals surface area contributed by atoms with Crippen LogP contribution in [0.25, 0.3) is 0 Å². The molecule has 2 aromatic carbocycles. The first kappa shape index (κ1) is 16.5. The molecule has 0 aliphatic heterocycles. The molecule has 0 aliphatic carbocycles. The zero-order valence-corrected chi connectivity index (χ0v) is 13.3. The first-order valence-corrected chi connectivity index (χ1v) is 7.03. The van der Waals surface area contributed by atoms with Gasteiger partial charge in [-0.1, -0.05) is 0 Å². The molecule has 0 saturated carbocycles. The molecule has 23 heavy (non-hydrogen) atoms. The van der Waals surface area contributed by atoms with Gasteiger partial charge >= 0.3 is 0 Å². The van der Waals surface area contributed by atoms with Crippen molar-refractivity contribution >= 4 is 12.1 Å². The number of hydrogen-bond acceptors (Lipinski definition) is 5. The molecule has 0 saturated heterocycles. The van der Waals surface area contributed by atoms with Crippen molar-refractivity contribution in [3.8, 4) is 17.2 Å². The van der Waals surface area contributed by atoms with Crippen LogP contribution in [0.2, 0.25) is 0 Å². The van der Waals surface area contributed by atoms with Gasteiger partial charge in [-0.2, -0.15) is 0 Å². The standard InChI is InChI=1S/C18H18O5/c1-12(20)14-5-7-16(21-2)15(9-14)11-23-18-8-13(10-19)4-6-17(18)22-3/h4-10H,11H2,1-3H3. The van der Waals surface area contributed by atoms with E-state index in [1.165, 1.54) is 14.0 Å². The van der Waals surface area contributed by atoms with Gasteiger partial charge in [-0.3, -0.25) is 9.59 Å². The van der Waals surface area contributed by atoms with Crippen LogP contribution in [0.5, 0.6) is 17.2 Å². The van der Waals surface area contributed by atoms with Crippen molar-refractivity contribution in [2.24, 2.45) is 0 Å². The first-order valence-electron chi connectivity index (χ1n) is 7.03. The molecule has 120 valence electrons. The Morgan fingerprint density at radius 2 is 1.70 bits per heavy atom. The normalized spacial score (nSPS) is 10.0. The highest BCUT2D eigenvalue weighted by Crippen LogP contribution is 2.30. The minimum atomic E-state index is -0.0329. The van der Waals surface area contributed by atoms with Crippen LogP contribution in [0, 0.1) is 0 Å². The van der Waals surface area contributed by atoms with E-state index in [9.17, 15) is 9.59 Å². The van der Waals surface area contributed by atoms with Gasteiger partial charge in [0.25, 0.3) is 0 Å². The number of rotatable bonds is 7. The molecule has 0 bridgehead atoms. The van der Waals surface area contributed by atoms with E-state index in [-0.39, 0.29) is 12.4 Å². The van der Waals surface area contributed by atoms with Crippen molar-refractivity contribution in [3.63, 3.8) is 0 Å². The van der Waals surface area contributed by atoms with Crippen LogP contribution in [-0.4, -0.2) is 26.3 Å². The average molecular weight is 314 g/mol. The smallest absolute Gasteiger partial charge is 0.162 e. The number of Topliss-reactive ketones (excluding diaryl/α,β-unsaturated/α-hetero) is 1. The van der Waals surface area contributed by atoms with Crippen LogP contribution in [0.1, 0.15) is 33.2 Å². The van der Waals surface area contributed by atoms with Crippen LogP contribution >= 0.6 is 0 Å². The number of ether oxygens (including phenoxy) is 3. The van der Waals surface area contributed by atoms with Gasteiger partial charge in [0.15, 0.2) is 17.3 Å². The van der Waals surface area contributed by atoms with Crippen LogP contribution in [0.3, 0.4) is 0 Å². The molecule has 0 aliphatic rings. The van der Waals surface area contributed by atoms with E-state index in [1.807, 2.05) is 0 Å². The number of methoxy groups -OCH3 is 2. The Morgan fingerprint density at radius 3 is 2.30 bits per heavy atom. The number of aldehydes is 1. The molecular formula is C18H18O5. The summed E-state index contributed by atoms with van der Waals surface area (Å²) in [6, 6.07) is 10.1. The Balaban J connectivity index is 2.28. The molecule has 0 unspecified atom stereocenters. The third-order valence-electron chi connectivity index (χ3n) is 3.39. The summed E-state index contributed by atoms with van der Waals surface area (Å²) >= 11 is 0. The molecule has 0 aromatic heterocycles. The Morgan fingerprint density at radius 1 is 1.00 bits per heavy atom. The Bertz CT molecular complexity index is 721. The fourth-order valence-corrected chi connectivity index (χ4v) is 2.15. The maximum Gasteiger partial charge on any atom is 0.162 e. The van der Waals surface area contributed by atoms with Gasteiger partial charge in [-0.25, -0.2) is 0 Å². The van der Waals surface area contributed by atoms with Crippen molar-refractivity contribution in [3.05, 3.63) is 53.1 Å². The minimum Gasteiger partial charge on any atom is -0.496 e. The van der Waals surface area contributed by atoms with Gasteiger partial charge in [-0.15, -0.1) is 0 Å². The number of carbonyl (C=O) groups excluding carboxylic acids is 2. The second kappa shape index (κ2) is 7.45. The van der Waals surface area contributed by atoms with Gasteiger partial charge < -0.3 is 14.2 Å². The second-order valence-electron chi connectivity index (χ2n) is 4.90. The van der Waals surface area contributed by atoms with Crippen molar-refractivity contribution in [2.45, 2.75) is 13.5 Å². The number of hydrogen-bond donors (Lipinski definition) is 0.